The summed E-state index contributed by atoms with van der Waals surface area (Å²) in [6.45, 7) is 12.4. The maximum absolute atomic E-state index is 2.90. The van der Waals surface area contributed by atoms with Crippen LogP contribution >= 0.6 is 0 Å². The molecule has 8 fully saturated rings. The van der Waals surface area contributed by atoms with Crippen molar-refractivity contribution in [1.82, 2.24) is 4.48 Å². The molecule has 0 saturated heterocycles. The van der Waals surface area contributed by atoms with Gasteiger partial charge in [-0.1, -0.05) is 100 Å². The minimum atomic E-state index is 0.0289. The van der Waals surface area contributed by atoms with Gasteiger partial charge in [-0.25, -0.2) is 0 Å². The average molecular weight is 919 g/mol. The molecule has 1 aromatic heterocycles. The Kier molecular flexibility index (Phi) is 6.48. The average Bonchev–Trinajstić information content (AvgIpc) is 3.98. The normalized spacial score (nSPS) is 35.2. The van der Waals surface area contributed by atoms with Crippen LogP contribution in [0.3, 0.4) is 0 Å². The lowest BCUT2D eigenvalue weighted by atomic mass is 9.12. The Hall–Kier alpha value is -5.54. The maximum Gasteiger partial charge on any atom is 0.333 e. The molecular formula is C68H63BN2. The van der Waals surface area contributed by atoms with E-state index in [-0.39, 0.29) is 17.7 Å². The topological polar surface area (TPSA) is 8.17 Å². The lowest BCUT2D eigenvalue weighted by Gasteiger charge is -2.91. The first-order chi connectivity index (χ1) is 34.4. The van der Waals surface area contributed by atoms with E-state index in [1.165, 1.54) is 170 Å². The third-order valence-electron chi connectivity index (χ3n) is 24.8. The molecule has 0 N–H and O–H groups in total. The van der Waals surface area contributed by atoms with Crippen LogP contribution in [0.2, 0.25) is 0 Å². The molecule has 2 spiro atoms. The van der Waals surface area contributed by atoms with Crippen LogP contribution in [-0.2, 0) is 21.7 Å². The van der Waals surface area contributed by atoms with E-state index in [0.29, 0.717) is 21.7 Å². The number of anilines is 3. The molecule has 0 radical (unpaired) electrons. The number of hydrogen-bond donors (Lipinski definition) is 0. The number of aromatic nitrogens is 1. The number of nitrogens with zero attached hydrogens (tertiary/aromatic N) is 2. The van der Waals surface area contributed by atoms with Crippen LogP contribution in [0.1, 0.15) is 126 Å². The van der Waals surface area contributed by atoms with E-state index in [1.54, 1.807) is 11.1 Å². The highest BCUT2D eigenvalue weighted by molar-refractivity contribution is 6.90. The van der Waals surface area contributed by atoms with Gasteiger partial charge < -0.3 is 9.38 Å². The van der Waals surface area contributed by atoms with Crippen molar-refractivity contribution in [3.05, 3.63) is 149 Å². The molecule has 2 nitrogen and oxygen atoms in total. The third kappa shape index (κ3) is 4.07. The van der Waals surface area contributed by atoms with Crippen molar-refractivity contribution in [3.8, 4) is 22.3 Å². The summed E-state index contributed by atoms with van der Waals surface area (Å²) in [5.41, 5.74) is 25.4. The Morgan fingerprint density at radius 3 is 1.93 bits per heavy atom. The zero-order chi connectivity index (χ0) is 46.7. The smallest absolute Gasteiger partial charge is 0.333 e. The Bertz CT molecular complexity index is 3820. The minimum absolute atomic E-state index is 0.0289. The van der Waals surface area contributed by atoms with Crippen molar-refractivity contribution < 1.29 is 0 Å². The highest BCUT2D eigenvalue weighted by atomic mass is 15.2. The van der Waals surface area contributed by atoms with E-state index in [2.05, 4.69) is 165 Å². The van der Waals surface area contributed by atoms with Gasteiger partial charge in [0.2, 0.25) is 0 Å². The number of aryl methyl sites for hydroxylation is 1. The van der Waals surface area contributed by atoms with Gasteiger partial charge in [0.15, 0.2) is 0 Å². The summed E-state index contributed by atoms with van der Waals surface area (Å²) in [7, 11) is 0. The van der Waals surface area contributed by atoms with Gasteiger partial charge in [-0.05, 0) is 255 Å². The van der Waals surface area contributed by atoms with Crippen LogP contribution in [0.25, 0.3) is 54.8 Å². The molecule has 19 rings (SSSR count). The minimum Gasteiger partial charge on any atom is -0.375 e. The Balaban J connectivity index is 0.933. The maximum atomic E-state index is 2.90. The summed E-state index contributed by atoms with van der Waals surface area (Å²) in [4.78, 5) is 2.76. The molecule has 8 saturated carbocycles. The molecule has 2 aliphatic heterocycles. The van der Waals surface area contributed by atoms with E-state index in [4.69, 9.17) is 0 Å². The van der Waals surface area contributed by atoms with Crippen molar-refractivity contribution in [2.45, 2.75) is 127 Å². The van der Waals surface area contributed by atoms with Crippen molar-refractivity contribution in [2.75, 3.05) is 4.90 Å². The molecule has 9 aliphatic carbocycles. The van der Waals surface area contributed by atoms with Crippen molar-refractivity contribution in [3.63, 3.8) is 0 Å². The van der Waals surface area contributed by atoms with Crippen LogP contribution in [0.5, 0.6) is 0 Å². The highest BCUT2D eigenvalue weighted by Crippen LogP contribution is 2.93. The standard InChI is InChI=1S/C68H63BN2/c1-37-19-54-55(64(4,5)18-17-63(54,2)3)31-58(37)70-59-22-40-14-10-9-13-39(40)21-56(59)69-61-51(20-41(23-60(61)70)38-11-7-6-8-12-38)53-30-43(66-34-48-26-45-27-49(35-66)68(45,48)66)29-52-50-28-42(15-16-57(50)71(69)62(52)53)65-32-46-24-44-25-47(33-65)67(44,46)36-65/h6-16,19-23,28-31,44-49H,17-18,24-27,32-36H2,1-5H3. The Labute approximate surface area is 419 Å². The van der Waals surface area contributed by atoms with E-state index in [0.717, 1.165) is 35.5 Å². The second-order valence-corrected chi connectivity index (χ2v) is 27.8. The van der Waals surface area contributed by atoms with Crippen LogP contribution in [0, 0.1) is 53.3 Å². The fraction of sp³-hybridized carbons (Fsp3) is 0.412. The highest BCUT2D eigenvalue weighted by Gasteiger charge is 2.87. The quantitative estimate of drug-likeness (QED) is 0.160. The molecule has 7 aromatic carbocycles. The zero-order valence-corrected chi connectivity index (χ0v) is 42.3. The fourth-order valence-electron chi connectivity index (χ4n) is 21.6. The predicted molar refractivity (Wildman–Crippen MR) is 294 cm³/mol. The Morgan fingerprint density at radius 1 is 0.535 bits per heavy atom. The van der Waals surface area contributed by atoms with E-state index in [1.807, 2.05) is 0 Å². The second-order valence-electron chi connectivity index (χ2n) is 27.8. The number of benzene rings is 7. The molecule has 8 aromatic rings. The molecular weight excluding hydrogens is 856 g/mol. The van der Waals surface area contributed by atoms with Crippen LogP contribution in [0.4, 0.5) is 17.1 Å². The van der Waals surface area contributed by atoms with Crippen LogP contribution in [-0.4, -0.2) is 11.3 Å². The molecule has 4 unspecified atom stereocenters. The summed E-state index contributed by atoms with van der Waals surface area (Å²) >= 11 is 0. The Morgan fingerprint density at radius 2 is 1.23 bits per heavy atom. The fourth-order valence-corrected chi connectivity index (χ4v) is 21.6. The number of hydrogen-bond acceptors (Lipinski definition) is 1. The van der Waals surface area contributed by atoms with E-state index >= 15 is 0 Å². The van der Waals surface area contributed by atoms with Crippen molar-refractivity contribution >= 4 is 67.4 Å². The molecule has 4 atom stereocenters. The summed E-state index contributed by atoms with van der Waals surface area (Å²) in [5, 5.41) is 5.70. The van der Waals surface area contributed by atoms with Crippen LogP contribution in [0.15, 0.2) is 121 Å². The summed E-state index contributed by atoms with van der Waals surface area (Å²) in [6.07, 6.45) is 15.6. The summed E-state index contributed by atoms with van der Waals surface area (Å²) < 4.78 is 2.90. The largest absolute Gasteiger partial charge is 0.375 e. The monoisotopic (exact) mass is 919 g/mol. The summed E-state index contributed by atoms with van der Waals surface area (Å²) in [6, 6.07) is 50.0. The SMILES string of the molecule is Cc1cc2c(cc1N1c3cc4ccccc4cc3B3c4c(cc(-c5ccccc5)cc41)-c1cc(C45CC6CC7CC(C4)C765)cc4c5cc(C67CC8CC9CC(C6)C98C7)ccc5n3c14)C(C)(C)CCC2(C)C. The van der Waals surface area contributed by atoms with Crippen molar-refractivity contribution in [1.29, 1.82) is 0 Å². The first-order valence-electron chi connectivity index (χ1n) is 28.3. The molecule has 2 bridgehead atoms. The van der Waals surface area contributed by atoms with Gasteiger partial charge in [0.1, 0.15) is 0 Å². The molecule has 3 heteroatoms. The lowest BCUT2D eigenvalue weighted by Crippen LogP contribution is -2.87. The zero-order valence-electron chi connectivity index (χ0n) is 42.3. The second kappa shape index (κ2) is 11.8. The van der Waals surface area contributed by atoms with Gasteiger partial charge in [-0.3, -0.25) is 0 Å². The molecule has 71 heavy (non-hydrogen) atoms. The molecule has 348 valence electrons. The molecule has 3 heterocycles. The van der Waals surface area contributed by atoms with Gasteiger partial charge in [-0.2, -0.15) is 0 Å². The third-order valence-corrected chi connectivity index (χ3v) is 24.8. The first-order valence-corrected chi connectivity index (χ1v) is 28.3. The van der Waals surface area contributed by atoms with Gasteiger partial charge in [0.05, 0.1) is 0 Å². The van der Waals surface area contributed by atoms with Gasteiger partial charge in [0.25, 0.3) is 0 Å². The predicted octanol–water partition coefficient (Wildman–Crippen LogP) is 15.5. The van der Waals surface area contributed by atoms with Gasteiger partial charge >= 0.3 is 6.85 Å². The summed E-state index contributed by atoms with van der Waals surface area (Å²) in [5.74, 6) is 5.88. The lowest BCUT2D eigenvalue weighted by molar-refractivity contribution is -0.395. The van der Waals surface area contributed by atoms with Crippen molar-refractivity contribution in [2.24, 2.45) is 46.3 Å². The van der Waals surface area contributed by atoms with Crippen LogP contribution < -0.4 is 15.8 Å². The molecule has 0 amide bonds. The first kappa shape index (κ1) is 39.1. The number of rotatable bonds is 4. The van der Waals surface area contributed by atoms with E-state index in [9.17, 15) is 0 Å². The number of fused-ring (bicyclic) bond motifs is 10. The van der Waals surface area contributed by atoms with E-state index < -0.39 is 0 Å². The van der Waals surface area contributed by atoms with Gasteiger partial charge in [-0.15, -0.1) is 0 Å². The van der Waals surface area contributed by atoms with Gasteiger partial charge in [0, 0.05) is 49.8 Å². The molecule has 11 aliphatic rings.